The fourth-order valence-corrected chi connectivity index (χ4v) is 0.440. The predicted molar refractivity (Wildman–Crippen MR) is 38.4 cm³/mol. The zero-order chi connectivity index (χ0) is 8.69. The van der Waals surface area contributed by atoms with Crippen molar-refractivity contribution in [2.75, 3.05) is 0 Å². The molecule has 0 radical (unpaired) electrons. The van der Waals surface area contributed by atoms with Crippen LogP contribution in [0.4, 0.5) is 0 Å². The molecule has 0 atom stereocenters. The van der Waals surface area contributed by atoms with Crippen LogP contribution in [-0.2, 0) is 9.59 Å². The molecule has 1 aliphatic rings. The van der Waals surface area contributed by atoms with Gasteiger partial charge in [0.2, 0.25) is 0 Å². The molecule has 0 aromatic carbocycles. The molecule has 56 valence electrons. The first kappa shape index (κ1) is 9.13. The molecule has 0 heterocycles. The molecule has 0 aliphatic heterocycles. The Kier molecular flexibility index (Phi) is 4.12. The van der Waals surface area contributed by atoms with E-state index in [0.717, 1.165) is 0 Å². The minimum atomic E-state index is -0.121. The van der Waals surface area contributed by atoms with E-state index in [1.165, 1.54) is 29.2 Å². The highest BCUT2D eigenvalue weighted by molar-refractivity contribution is 6.14. The van der Waals surface area contributed by atoms with Crippen molar-refractivity contribution in [3.63, 3.8) is 0 Å². The van der Waals surface area contributed by atoms with Gasteiger partial charge in [-0.2, -0.15) is 0 Å². The molecule has 0 fully saturated rings. The van der Waals surface area contributed by atoms with Gasteiger partial charge in [0.05, 0.1) is 0 Å². The summed E-state index contributed by atoms with van der Waals surface area (Å²) in [6, 6.07) is 0. The van der Waals surface area contributed by atoms with Crippen LogP contribution in [0.25, 0.3) is 16.0 Å². The van der Waals surface area contributed by atoms with Crippen LogP contribution >= 0.6 is 0 Å². The van der Waals surface area contributed by atoms with E-state index in [1.807, 2.05) is 0 Å². The SMILES string of the molecule is O=C1C=CC(=O)C=C1.[N-]=[N+]=[N-]. The summed E-state index contributed by atoms with van der Waals surface area (Å²) in [6.07, 6.45) is 5.01. The van der Waals surface area contributed by atoms with Crippen molar-refractivity contribution < 1.29 is 9.59 Å². The molecule has 1 rings (SSSR count). The van der Waals surface area contributed by atoms with Gasteiger partial charge in [0, 0.05) is 0 Å². The average Bonchev–Trinajstić information content (AvgIpc) is 1.97. The number of rotatable bonds is 0. The molecule has 0 spiro atoms. The molecule has 0 saturated carbocycles. The highest BCUT2D eigenvalue weighted by Gasteiger charge is 1.97. The second kappa shape index (κ2) is 4.96. The lowest BCUT2D eigenvalue weighted by atomic mass is 10.2. The second-order valence-corrected chi connectivity index (χ2v) is 1.56. The number of allylic oxidation sites excluding steroid dienone is 4. The Morgan fingerprint density at radius 3 is 1.27 bits per heavy atom. The lowest BCUT2D eigenvalue weighted by molar-refractivity contribution is -0.113. The van der Waals surface area contributed by atoms with E-state index >= 15 is 0 Å². The molecule has 0 saturated heterocycles. The minimum absolute atomic E-state index is 0.121. The van der Waals surface area contributed by atoms with Crippen LogP contribution in [-0.4, -0.2) is 11.6 Å². The first-order valence-electron chi connectivity index (χ1n) is 2.63. The first-order valence-corrected chi connectivity index (χ1v) is 2.63. The van der Waals surface area contributed by atoms with E-state index in [4.69, 9.17) is 11.1 Å². The van der Waals surface area contributed by atoms with Gasteiger partial charge in [-0.15, -0.1) is 0 Å². The topological polar surface area (TPSA) is 92.8 Å². The molecule has 0 unspecified atom stereocenters. The fourth-order valence-electron chi connectivity index (χ4n) is 0.440. The van der Waals surface area contributed by atoms with Crippen molar-refractivity contribution in [3.05, 3.63) is 40.3 Å². The number of carbonyl (C=O) groups is 2. The number of hydrogen-bond donors (Lipinski definition) is 0. The Morgan fingerprint density at radius 1 is 0.909 bits per heavy atom. The Bertz CT molecular complexity index is 221. The molecule has 0 bridgehead atoms. The fraction of sp³-hybridized carbons (Fsp3) is 0. The maximum absolute atomic E-state index is 10.3. The van der Waals surface area contributed by atoms with Crippen LogP contribution < -0.4 is 0 Å². The number of hydrogen-bond acceptors (Lipinski definition) is 2. The van der Waals surface area contributed by atoms with Crippen LogP contribution in [0.2, 0.25) is 0 Å². The Labute approximate surface area is 62.4 Å². The van der Waals surface area contributed by atoms with Crippen molar-refractivity contribution in [1.29, 1.82) is 0 Å². The smallest absolute Gasteiger partial charge is 0.178 e. The van der Waals surface area contributed by atoms with E-state index in [0.29, 0.717) is 0 Å². The molecule has 1 aliphatic carbocycles. The van der Waals surface area contributed by atoms with Gasteiger partial charge in [0.15, 0.2) is 11.6 Å². The summed E-state index contributed by atoms with van der Waals surface area (Å²) < 4.78 is 0. The van der Waals surface area contributed by atoms with Crippen LogP contribution in [0.3, 0.4) is 0 Å². The van der Waals surface area contributed by atoms with Crippen LogP contribution in [0, 0.1) is 0 Å². The Balaban J connectivity index is 0.000000292. The lowest BCUT2D eigenvalue weighted by Gasteiger charge is -1.87. The van der Waals surface area contributed by atoms with Crippen molar-refractivity contribution in [3.8, 4) is 0 Å². The second-order valence-electron chi connectivity index (χ2n) is 1.56. The molecule has 0 N–H and O–H groups in total. The minimum Gasteiger partial charge on any atom is -0.373 e. The normalized spacial score (nSPS) is 13.5. The van der Waals surface area contributed by atoms with Gasteiger partial charge < -0.3 is 11.1 Å². The zero-order valence-electron chi connectivity index (χ0n) is 5.47. The Hall–Kier alpha value is -1.87. The lowest BCUT2D eigenvalue weighted by Crippen LogP contribution is -1.97. The molecule has 0 amide bonds. The van der Waals surface area contributed by atoms with E-state index in [2.05, 4.69) is 0 Å². The predicted octanol–water partition coefficient (Wildman–Crippen LogP) is 1.12. The van der Waals surface area contributed by atoms with Crippen LogP contribution in [0.1, 0.15) is 0 Å². The zero-order valence-corrected chi connectivity index (χ0v) is 5.47. The van der Waals surface area contributed by atoms with Crippen molar-refractivity contribution in [2.24, 2.45) is 0 Å². The van der Waals surface area contributed by atoms with Gasteiger partial charge in [-0.05, 0) is 24.3 Å². The summed E-state index contributed by atoms with van der Waals surface area (Å²) in [5.41, 5.74) is 13.5. The maximum atomic E-state index is 10.3. The summed E-state index contributed by atoms with van der Waals surface area (Å²) in [6.45, 7) is 0. The Morgan fingerprint density at radius 2 is 1.09 bits per heavy atom. The number of carbonyl (C=O) groups excluding carboxylic acids is 2. The third kappa shape index (κ3) is 4.62. The van der Waals surface area contributed by atoms with Gasteiger partial charge in [-0.1, -0.05) is 0 Å². The van der Waals surface area contributed by atoms with Crippen molar-refractivity contribution in [2.45, 2.75) is 0 Å². The van der Waals surface area contributed by atoms with Gasteiger partial charge in [-0.3, -0.25) is 14.5 Å². The quantitative estimate of drug-likeness (QED) is 0.224. The summed E-state index contributed by atoms with van der Waals surface area (Å²) >= 11 is 0. The van der Waals surface area contributed by atoms with Crippen molar-refractivity contribution in [1.82, 2.24) is 0 Å². The number of ketones is 2. The van der Waals surface area contributed by atoms with E-state index in [-0.39, 0.29) is 11.6 Å². The number of nitrogens with zero attached hydrogens (tertiary/aromatic N) is 3. The maximum Gasteiger partial charge on any atom is 0.178 e. The summed E-state index contributed by atoms with van der Waals surface area (Å²) in [5, 5.41) is 0. The van der Waals surface area contributed by atoms with E-state index in [9.17, 15) is 9.59 Å². The molecule has 5 nitrogen and oxygen atoms in total. The first-order chi connectivity index (χ1) is 5.20. The molecule has 0 aromatic heterocycles. The molecular formula is C6H4N3O2-. The van der Waals surface area contributed by atoms with E-state index < -0.39 is 0 Å². The van der Waals surface area contributed by atoms with Crippen LogP contribution in [0.15, 0.2) is 24.3 Å². The van der Waals surface area contributed by atoms with Gasteiger partial charge in [-0.25, -0.2) is 0 Å². The molecular weight excluding hydrogens is 146 g/mol. The van der Waals surface area contributed by atoms with Crippen LogP contribution in [0.5, 0.6) is 0 Å². The van der Waals surface area contributed by atoms with Crippen molar-refractivity contribution >= 4 is 11.6 Å². The summed E-state index contributed by atoms with van der Waals surface area (Å²) in [5.74, 6) is -0.241. The molecule has 11 heavy (non-hydrogen) atoms. The van der Waals surface area contributed by atoms with E-state index in [1.54, 1.807) is 0 Å². The monoisotopic (exact) mass is 150 g/mol. The summed E-state index contributed by atoms with van der Waals surface area (Å²) in [7, 11) is 0. The van der Waals surface area contributed by atoms with Gasteiger partial charge in [0.25, 0.3) is 0 Å². The standard InChI is InChI=1S/C6H4O2.N3/c7-5-1-2-6(8)4-3-5;1-3-2/h1-4H;/q;-1. The third-order valence-electron chi connectivity index (χ3n) is 0.824. The van der Waals surface area contributed by atoms with Gasteiger partial charge >= 0.3 is 0 Å². The third-order valence-corrected chi connectivity index (χ3v) is 0.824. The highest BCUT2D eigenvalue weighted by atomic mass is 16.1. The molecule has 0 aromatic rings. The largest absolute Gasteiger partial charge is 0.373 e. The highest BCUT2D eigenvalue weighted by Crippen LogP contribution is 1.90. The average molecular weight is 150 g/mol. The summed E-state index contributed by atoms with van der Waals surface area (Å²) in [4.78, 5) is 22.1. The molecule has 5 heteroatoms. The van der Waals surface area contributed by atoms with Gasteiger partial charge in [0.1, 0.15) is 0 Å².